The third-order valence-electron chi connectivity index (χ3n) is 4.35. The van der Waals surface area contributed by atoms with E-state index < -0.39 is 60.7 Å². The minimum absolute atomic E-state index is 0.00675. The van der Waals surface area contributed by atoms with E-state index in [9.17, 15) is 29.1 Å². The van der Waals surface area contributed by atoms with E-state index >= 15 is 0 Å². The molecule has 0 fully saturated rings. The van der Waals surface area contributed by atoms with Gasteiger partial charge in [0.1, 0.15) is 12.1 Å². The number of rotatable bonds is 17. The zero-order valence-corrected chi connectivity index (χ0v) is 18.4. The Balaban J connectivity index is 4.85. The van der Waals surface area contributed by atoms with Gasteiger partial charge in [-0.1, -0.05) is 6.42 Å². The molecule has 15 heteroatoms. The Hall–Kier alpha value is -3.46. The van der Waals surface area contributed by atoms with Gasteiger partial charge in [-0.2, -0.15) is 0 Å². The number of carbonyl (C=O) groups excluding carboxylic acids is 4. The Labute approximate surface area is 191 Å². The van der Waals surface area contributed by atoms with Crippen LogP contribution in [0.15, 0.2) is 4.99 Å². The molecule has 0 aromatic rings. The Kier molecular flexibility index (Phi) is 14.5. The Morgan fingerprint density at radius 2 is 1.55 bits per heavy atom. The molecule has 0 aromatic heterocycles. The summed E-state index contributed by atoms with van der Waals surface area (Å²) in [6.07, 6.45) is 1.40. The molecule has 0 saturated heterocycles. The SMILES string of the molecule is NCCCCC(N)C(=O)NCC(=O)NC(CC(N)=O)C(=O)NC(CCCN=C(N)N)C(=O)O. The van der Waals surface area contributed by atoms with E-state index in [2.05, 4.69) is 20.9 Å². The number of amides is 4. The van der Waals surface area contributed by atoms with Gasteiger partial charge in [-0.05, 0) is 32.2 Å². The van der Waals surface area contributed by atoms with Crippen molar-refractivity contribution in [2.45, 2.75) is 56.7 Å². The maximum Gasteiger partial charge on any atom is 0.326 e. The van der Waals surface area contributed by atoms with E-state index in [4.69, 9.17) is 28.7 Å². The molecule has 0 aromatic carbocycles. The monoisotopic (exact) mass is 473 g/mol. The Morgan fingerprint density at radius 3 is 2.09 bits per heavy atom. The molecule has 0 saturated carbocycles. The molecule has 188 valence electrons. The summed E-state index contributed by atoms with van der Waals surface area (Å²) in [7, 11) is 0. The van der Waals surface area contributed by atoms with Crippen LogP contribution in [0.25, 0.3) is 0 Å². The van der Waals surface area contributed by atoms with Crippen LogP contribution in [0.2, 0.25) is 0 Å². The zero-order chi connectivity index (χ0) is 25.4. The van der Waals surface area contributed by atoms with Crippen molar-refractivity contribution in [1.82, 2.24) is 16.0 Å². The van der Waals surface area contributed by atoms with Crippen LogP contribution in [0.1, 0.15) is 38.5 Å². The van der Waals surface area contributed by atoms with Crippen molar-refractivity contribution in [3.63, 3.8) is 0 Å². The molecule has 15 nitrogen and oxygen atoms in total. The number of primary amides is 1. The third-order valence-corrected chi connectivity index (χ3v) is 4.35. The van der Waals surface area contributed by atoms with Crippen molar-refractivity contribution in [1.29, 1.82) is 0 Å². The van der Waals surface area contributed by atoms with Crippen molar-refractivity contribution < 1.29 is 29.1 Å². The number of unbranched alkanes of at least 4 members (excludes halogenated alkanes) is 1. The normalized spacial score (nSPS) is 13.2. The predicted octanol–water partition coefficient (Wildman–Crippen LogP) is -4.46. The quantitative estimate of drug-likeness (QED) is 0.0554. The molecule has 14 N–H and O–H groups in total. The summed E-state index contributed by atoms with van der Waals surface area (Å²) < 4.78 is 0. The Bertz CT molecular complexity index is 712. The molecule has 0 rings (SSSR count). The molecule has 0 aliphatic rings. The number of carboxylic acids is 1. The van der Waals surface area contributed by atoms with Gasteiger partial charge in [-0.15, -0.1) is 0 Å². The highest BCUT2D eigenvalue weighted by molar-refractivity contribution is 5.94. The summed E-state index contributed by atoms with van der Waals surface area (Å²) in [6, 6.07) is -3.58. The summed E-state index contributed by atoms with van der Waals surface area (Å²) in [5, 5.41) is 16.1. The molecule has 0 aliphatic heterocycles. The molecular weight excluding hydrogens is 438 g/mol. The second kappa shape index (κ2) is 16.2. The van der Waals surface area contributed by atoms with Crippen LogP contribution in [-0.2, 0) is 24.0 Å². The number of aliphatic carboxylic acids is 1. The summed E-state index contributed by atoms with van der Waals surface area (Å²) in [5.41, 5.74) is 26.6. The highest BCUT2D eigenvalue weighted by Gasteiger charge is 2.27. The lowest BCUT2D eigenvalue weighted by molar-refractivity contribution is -0.142. The smallest absolute Gasteiger partial charge is 0.326 e. The van der Waals surface area contributed by atoms with E-state index in [1.807, 2.05) is 0 Å². The first-order valence-corrected chi connectivity index (χ1v) is 10.4. The molecule has 0 bridgehead atoms. The number of nitrogens with two attached hydrogens (primary N) is 5. The summed E-state index contributed by atoms with van der Waals surface area (Å²) >= 11 is 0. The minimum atomic E-state index is -1.44. The fourth-order valence-electron chi connectivity index (χ4n) is 2.63. The van der Waals surface area contributed by atoms with Crippen LogP contribution >= 0.6 is 0 Å². The number of nitrogens with one attached hydrogen (secondary N) is 3. The average molecular weight is 474 g/mol. The topological polar surface area (TPSA) is 284 Å². The maximum atomic E-state index is 12.5. The fraction of sp³-hybridized carbons (Fsp3) is 0.667. The van der Waals surface area contributed by atoms with Crippen molar-refractivity contribution in [2.24, 2.45) is 33.7 Å². The lowest BCUT2D eigenvalue weighted by Gasteiger charge is -2.21. The van der Waals surface area contributed by atoms with Gasteiger partial charge in [0.2, 0.25) is 23.6 Å². The largest absolute Gasteiger partial charge is 0.480 e. The van der Waals surface area contributed by atoms with Gasteiger partial charge in [0.05, 0.1) is 19.0 Å². The van der Waals surface area contributed by atoms with Gasteiger partial charge in [0.15, 0.2) is 5.96 Å². The fourth-order valence-corrected chi connectivity index (χ4v) is 2.63. The van der Waals surface area contributed by atoms with E-state index in [-0.39, 0.29) is 25.3 Å². The molecule has 3 unspecified atom stereocenters. The third kappa shape index (κ3) is 14.3. The second-order valence-corrected chi connectivity index (χ2v) is 7.25. The number of carboxylic acid groups (broad SMARTS) is 1. The highest BCUT2D eigenvalue weighted by atomic mass is 16.4. The number of guanidine groups is 1. The summed E-state index contributed by atoms with van der Waals surface area (Å²) in [5.74, 6) is -4.67. The van der Waals surface area contributed by atoms with Gasteiger partial charge in [0.25, 0.3) is 0 Å². The minimum Gasteiger partial charge on any atom is -0.480 e. The number of nitrogens with zero attached hydrogens (tertiary/aromatic N) is 1. The standard InChI is InChI=1S/C18H35N9O6/c19-6-2-1-4-10(20)15(30)25-9-14(29)26-12(8-13(21)28)16(31)27-11(17(32)33)5-3-7-24-18(22)23/h10-12H,1-9,19-20H2,(H2,21,28)(H,25,30)(H,26,29)(H,27,31)(H,32,33)(H4,22,23,24). The van der Waals surface area contributed by atoms with Crippen LogP contribution < -0.4 is 44.6 Å². The molecule has 4 amide bonds. The lowest BCUT2D eigenvalue weighted by Crippen LogP contribution is -2.54. The number of hydrogen-bond acceptors (Lipinski definition) is 8. The second-order valence-electron chi connectivity index (χ2n) is 7.25. The van der Waals surface area contributed by atoms with E-state index in [1.54, 1.807) is 0 Å². The van der Waals surface area contributed by atoms with Gasteiger partial charge in [-0.3, -0.25) is 24.2 Å². The van der Waals surface area contributed by atoms with Crippen LogP contribution in [0.4, 0.5) is 0 Å². The van der Waals surface area contributed by atoms with Crippen molar-refractivity contribution in [3.8, 4) is 0 Å². The maximum absolute atomic E-state index is 12.5. The number of carbonyl (C=O) groups is 5. The Morgan fingerprint density at radius 1 is 0.879 bits per heavy atom. The zero-order valence-electron chi connectivity index (χ0n) is 18.4. The van der Waals surface area contributed by atoms with E-state index in [1.165, 1.54) is 0 Å². The van der Waals surface area contributed by atoms with E-state index in [0.29, 0.717) is 25.8 Å². The predicted molar refractivity (Wildman–Crippen MR) is 119 cm³/mol. The summed E-state index contributed by atoms with van der Waals surface area (Å²) in [6.45, 7) is 0.114. The summed E-state index contributed by atoms with van der Waals surface area (Å²) in [4.78, 5) is 63.0. The first-order chi connectivity index (χ1) is 15.5. The van der Waals surface area contributed by atoms with Crippen LogP contribution in [0, 0.1) is 0 Å². The molecule has 0 aliphatic carbocycles. The van der Waals surface area contributed by atoms with Crippen LogP contribution in [0.5, 0.6) is 0 Å². The molecule has 0 spiro atoms. The molecule has 33 heavy (non-hydrogen) atoms. The molecular formula is C18H35N9O6. The number of hydrogen-bond donors (Lipinski definition) is 9. The van der Waals surface area contributed by atoms with Crippen molar-refractivity contribution in [3.05, 3.63) is 0 Å². The van der Waals surface area contributed by atoms with Gasteiger partial charge < -0.3 is 49.7 Å². The lowest BCUT2D eigenvalue weighted by atomic mass is 10.1. The van der Waals surface area contributed by atoms with E-state index in [0.717, 1.165) is 0 Å². The molecule has 0 heterocycles. The molecule has 3 atom stereocenters. The van der Waals surface area contributed by atoms with Gasteiger partial charge in [0, 0.05) is 6.54 Å². The van der Waals surface area contributed by atoms with Gasteiger partial charge >= 0.3 is 5.97 Å². The number of aliphatic imine (C=N–C) groups is 1. The highest BCUT2D eigenvalue weighted by Crippen LogP contribution is 2.02. The molecule has 0 radical (unpaired) electrons. The average Bonchev–Trinajstić information content (AvgIpc) is 2.72. The van der Waals surface area contributed by atoms with Crippen molar-refractivity contribution >= 4 is 35.6 Å². The van der Waals surface area contributed by atoms with Crippen molar-refractivity contribution in [2.75, 3.05) is 19.6 Å². The van der Waals surface area contributed by atoms with Crippen LogP contribution in [0.3, 0.4) is 0 Å². The first-order valence-electron chi connectivity index (χ1n) is 10.4. The van der Waals surface area contributed by atoms with Gasteiger partial charge in [-0.25, -0.2) is 4.79 Å². The first kappa shape index (κ1) is 29.5. The van der Waals surface area contributed by atoms with Crippen LogP contribution in [-0.4, -0.2) is 78.4 Å².